The molecule has 0 saturated carbocycles. The maximum absolute atomic E-state index is 8.82. The Kier molecular flexibility index (Phi) is 3.09. The van der Waals surface area contributed by atoms with Gasteiger partial charge in [0.05, 0.1) is 0 Å². The van der Waals surface area contributed by atoms with E-state index >= 15 is 0 Å². The second kappa shape index (κ2) is 4.52. The monoisotopic (exact) mass is 215 g/mol. The standard InChI is InChI=1S/C13H17N3/c1-10-6-7-16(9-11(10)2)13-5-3-4-12(8-14)15-13/h3-5,10-11H,6-7,9H2,1-2H3. The molecule has 2 atom stereocenters. The maximum atomic E-state index is 8.82. The van der Waals surface area contributed by atoms with E-state index in [1.807, 2.05) is 12.1 Å². The first-order chi connectivity index (χ1) is 7.70. The van der Waals surface area contributed by atoms with Gasteiger partial charge in [-0.2, -0.15) is 5.26 Å². The first-order valence-electron chi connectivity index (χ1n) is 5.83. The lowest BCUT2D eigenvalue weighted by molar-refractivity contribution is 0.323. The maximum Gasteiger partial charge on any atom is 0.142 e. The van der Waals surface area contributed by atoms with Crippen molar-refractivity contribution in [3.05, 3.63) is 23.9 Å². The normalized spacial score (nSPS) is 25.2. The summed E-state index contributed by atoms with van der Waals surface area (Å²) < 4.78 is 0. The summed E-state index contributed by atoms with van der Waals surface area (Å²) in [5.41, 5.74) is 0.503. The van der Waals surface area contributed by atoms with Crippen LogP contribution in [0.3, 0.4) is 0 Å². The Labute approximate surface area is 96.7 Å². The molecule has 0 aliphatic carbocycles. The van der Waals surface area contributed by atoms with Crippen molar-refractivity contribution < 1.29 is 0 Å². The van der Waals surface area contributed by atoms with Gasteiger partial charge in [-0.25, -0.2) is 4.98 Å². The van der Waals surface area contributed by atoms with Crippen molar-refractivity contribution in [3.8, 4) is 6.07 Å². The van der Waals surface area contributed by atoms with Crippen LogP contribution in [0.1, 0.15) is 26.0 Å². The van der Waals surface area contributed by atoms with Gasteiger partial charge in [0.2, 0.25) is 0 Å². The molecule has 16 heavy (non-hydrogen) atoms. The molecule has 0 N–H and O–H groups in total. The zero-order valence-corrected chi connectivity index (χ0v) is 9.85. The molecule has 0 bridgehead atoms. The number of nitrogens with zero attached hydrogens (tertiary/aromatic N) is 3. The van der Waals surface area contributed by atoms with Gasteiger partial charge in [-0.15, -0.1) is 0 Å². The van der Waals surface area contributed by atoms with Crippen LogP contribution in [0, 0.1) is 23.2 Å². The molecule has 2 unspecified atom stereocenters. The Hall–Kier alpha value is -1.56. The van der Waals surface area contributed by atoms with Crippen LogP contribution in [-0.2, 0) is 0 Å². The highest BCUT2D eigenvalue weighted by molar-refractivity contribution is 5.42. The first kappa shape index (κ1) is 10.9. The van der Waals surface area contributed by atoms with Gasteiger partial charge < -0.3 is 4.90 Å². The fourth-order valence-electron chi connectivity index (χ4n) is 2.13. The van der Waals surface area contributed by atoms with Crippen molar-refractivity contribution >= 4 is 5.82 Å². The Morgan fingerprint density at radius 2 is 2.19 bits per heavy atom. The first-order valence-corrected chi connectivity index (χ1v) is 5.83. The largest absolute Gasteiger partial charge is 0.356 e. The van der Waals surface area contributed by atoms with Crippen LogP contribution in [0.4, 0.5) is 5.82 Å². The Morgan fingerprint density at radius 1 is 1.38 bits per heavy atom. The number of hydrogen-bond donors (Lipinski definition) is 0. The van der Waals surface area contributed by atoms with Crippen LogP contribution < -0.4 is 4.90 Å². The predicted octanol–water partition coefficient (Wildman–Crippen LogP) is 2.44. The van der Waals surface area contributed by atoms with Crippen LogP contribution in [-0.4, -0.2) is 18.1 Å². The van der Waals surface area contributed by atoms with E-state index in [-0.39, 0.29) is 0 Å². The number of pyridine rings is 1. The minimum Gasteiger partial charge on any atom is -0.356 e. The molecule has 1 aromatic rings. The van der Waals surface area contributed by atoms with E-state index in [1.165, 1.54) is 6.42 Å². The number of anilines is 1. The van der Waals surface area contributed by atoms with Crippen LogP contribution >= 0.6 is 0 Å². The average molecular weight is 215 g/mol. The van der Waals surface area contributed by atoms with Gasteiger partial charge in [-0.1, -0.05) is 19.9 Å². The fourth-order valence-corrected chi connectivity index (χ4v) is 2.13. The molecule has 1 fully saturated rings. The van der Waals surface area contributed by atoms with Crippen LogP contribution in [0.15, 0.2) is 18.2 Å². The second-order valence-corrected chi connectivity index (χ2v) is 4.68. The molecule has 2 rings (SSSR count). The van der Waals surface area contributed by atoms with E-state index in [4.69, 9.17) is 5.26 Å². The van der Waals surface area contributed by atoms with Crippen molar-refractivity contribution in [2.75, 3.05) is 18.0 Å². The van der Waals surface area contributed by atoms with E-state index in [0.29, 0.717) is 11.6 Å². The molecule has 84 valence electrons. The predicted molar refractivity (Wildman–Crippen MR) is 64.1 cm³/mol. The molecule has 1 aliphatic heterocycles. The lowest BCUT2D eigenvalue weighted by Gasteiger charge is -2.36. The summed E-state index contributed by atoms with van der Waals surface area (Å²) in [7, 11) is 0. The van der Waals surface area contributed by atoms with E-state index in [9.17, 15) is 0 Å². The smallest absolute Gasteiger partial charge is 0.142 e. The van der Waals surface area contributed by atoms with Gasteiger partial charge in [0, 0.05) is 13.1 Å². The lowest BCUT2D eigenvalue weighted by Crippen LogP contribution is -2.38. The Morgan fingerprint density at radius 3 is 2.88 bits per heavy atom. The van der Waals surface area contributed by atoms with E-state index in [0.717, 1.165) is 24.8 Å². The van der Waals surface area contributed by atoms with E-state index in [2.05, 4.69) is 29.8 Å². The molecule has 0 radical (unpaired) electrons. The lowest BCUT2D eigenvalue weighted by atomic mass is 9.89. The number of hydrogen-bond acceptors (Lipinski definition) is 3. The molecule has 3 nitrogen and oxygen atoms in total. The zero-order chi connectivity index (χ0) is 11.5. The molecular formula is C13H17N3. The summed E-state index contributed by atoms with van der Waals surface area (Å²) in [6, 6.07) is 7.73. The number of nitriles is 1. The Balaban J connectivity index is 2.16. The summed E-state index contributed by atoms with van der Waals surface area (Å²) in [5.74, 6) is 2.43. The van der Waals surface area contributed by atoms with Crippen LogP contribution in [0.2, 0.25) is 0 Å². The average Bonchev–Trinajstić information content (AvgIpc) is 2.33. The number of rotatable bonds is 1. The third kappa shape index (κ3) is 2.16. The van der Waals surface area contributed by atoms with E-state index < -0.39 is 0 Å². The zero-order valence-electron chi connectivity index (χ0n) is 9.85. The fraction of sp³-hybridized carbons (Fsp3) is 0.538. The highest BCUT2D eigenvalue weighted by Gasteiger charge is 2.23. The van der Waals surface area contributed by atoms with Gasteiger partial charge in [0.25, 0.3) is 0 Å². The minimum absolute atomic E-state index is 0.503. The van der Waals surface area contributed by atoms with Gasteiger partial charge in [0.15, 0.2) is 0 Å². The van der Waals surface area contributed by atoms with Crippen LogP contribution in [0.5, 0.6) is 0 Å². The highest BCUT2D eigenvalue weighted by Crippen LogP contribution is 2.25. The van der Waals surface area contributed by atoms with Crippen molar-refractivity contribution in [2.24, 2.45) is 11.8 Å². The molecule has 1 saturated heterocycles. The van der Waals surface area contributed by atoms with Crippen molar-refractivity contribution in [2.45, 2.75) is 20.3 Å². The van der Waals surface area contributed by atoms with Crippen LogP contribution in [0.25, 0.3) is 0 Å². The van der Waals surface area contributed by atoms with Gasteiger partial charge in [0.1, 0.15) is 17.6 Å². The van der Waals surface area contributed by atoms with Gasteiger partial charge >= 0.3 is 0 Å². The molecule has 3 heteroatoms. The summed E-state index contributed by atoms with van der Waals surface area (Å²) in [5, 5.41) is 8.82. The quantitative estimate of drug-likeness (QED) is 0.722. The summed E-state index contributed by atoms with van der Waals surface area (Å²) in [6.07, 6.45) is 1.21. The topological polar surface area (TPSA) is 39.9 Å². The van der Waals surface area contributed by atoms with Crippen molar-refractivity contribution in [1.29, 1.82) is 5.26 Å². The van der Waals surface area contributed by atoms with Crippen molar-refractivity contribution in [1.82, 2.24) is 4.98 Å². The van der Waals surface area contributed by atoms with Gasteiger partial charge in [-0.05, 0) is 30.4 Å². The second-order valence-electron chi connectivity index (χ2n) is 4.68. The van der Waals surface area contributed by atoms with Crippen molar-refractivity contribution in [3.63, 3.8) is 0 Å². The third-order valence-corrected chi connectivity index (χ3v) is 3.51. The molecule has 0 spiro atoms. The number of piperidine rings is 1. The molecule has 2 heterocycles. The Bertz CT molecular complexity index is 408. The molecule has 1 aliphatic rings. The highest BCUT2D eigenvalue weighted by atomic mass is 15.2. The summed E-state index contributed by atoms with van der Waals surface area (Å²) >= 11 is 0. The molecular weight excluding hydrogens is 198 g/mol. The van der Waals surface area contributed by atoms with Gasteiger partial charge in [-0.3, -0.25) is 0 Å². The summed E-state index contributed by atoms with van der Waals surface area (Å²) in [6.45, 7) is 6.68. The molecule has 0 amide bonds. The third-order valence-electron chi connectivity index (χ3n) is 3.51. The number of aromatic nitrogens is 1. The molecule has 0 aromatic carbocycles. The molecule has 1 aromatic heterocycles. The minimum atomic E-state index is 0.503. The SMILES string of the molecule is CC1CCN(c2cccc(C#N)n2)CC1C. The van der Waals surface area contributed by atoms with E-state index in [1.54, 1.807) is 6.07 Å². The summed E-state index contributed by atoms with van der Waals surface area (Å²) in [4.78, 5) is 6.62.